The summed E-state index contributed by atoms with van der Waals surface area (Å²) in [5.74, 6) is -0.310. The van der Waals surface area contributed by atoms with Crippen molar-refractivity contribution in [1.29, 1.82) is 0 Å². The van der Waals surface area contributed by atoms with Crippen LogP contribution in [0.3, 0.4) is 0 Å². The van der Waals surface area contributed by atoms with Crippen LogP contribution in [0.2, 0.25) is 0 Å². The van der Waals surface area contributed by atoms with Gasteiger partial charge in [-0.05, 0) is 0 Å². The molecule has 1 aromatic carbocycles. The Bertz CT molecular complexity index is 541. The highest BCUT2D eigenvalue weighted by atomic mass is 19.1. The van der Waals surface area contributed by atoms with Gasteiger partial charge in [0, 0.05) is 19.2 Å². The van der Waals surface area contributed by atoms with Gasteiger partial charge in [-0.15, -0.1) is 5.10 Å². The zero-order valence-corrected chi connectivity index (χ0v) is 9.35. The Hall–Kier alpha value is -2.31. The second-order valence-electron chi connectivity index (χ2n) is 3.33. The molecular weight excluding hydrogens is 227 g/mol. The van der Waals surface area contributed by atoms with Crippen molar-refractivity contribution in [1.82, 2.24) is 14.8 Å². The van der Waals surface area contributed by atoms with E-state index in [1.165, 1.54) is 24.2 Å². The van der Waals surface area contributed by atoms with Gasteiger partial charge >= 0.3 is 6.01 Å². The molecule has 0 aliphatic heterocycles. The first-order chi connectivity index (χ1) is 8.10. The normalized spacial score (nSPS) is 10.3. The van der Waals surface area contributed by atoms with E-state index in [2.05, 4.69) is 10.1 Å². The minimum atomic E-state index is -0.601. The lowest BCUT2D eigenvalue weighted by Crippen LogP contribution is -1.97. The molecule has 7 heteroatoms. The van der Waals surface area contributed by atoms with Gasteiger partial charge < -0.3 is 15.2 Å². The van der Waals surface area contributed by atoms with Crippen LogP contribution in [0.5, 0.6) is 17.5 Å². The summed E-state index contributed by atoms with van der Waals surface area (Å²) < 4.78 is 25.1. The molecule has 1 heterocycles. The number of methoxy groups -OCH3 is 1. The predicted molar refractivity (Wildman–Crippen MR) is 58.4 cm³/mol. The molecule has 0 amide bonds. The molecule has 0 aliphatic carbocycles. The summed E-state index contributed by atoms with van der Waals surface area (Å²) in [6.07, 6.45) is 1.45. The number of nitrogens with two attached hydrogens (primary N) is 1. The molecule has 2 aromatic rings. The van der Waals surface area contributed by atoms with Crippen LogP contribution in [-0.2, 0) is 7.05 Å². The molecule has 6 nitrogen and oxygen atoms in total. The second-order valence-corrected chi connectivity index (χ2v) is 3.33. The summed E-state index contributed by atoms with van der Waals surface area (Å²) in [6.45, 7) is 0. The molecule has 0 saturated heterocycles. The van der Waals surface area contributed by atoms with Gasteiger partial charge in [0.2, 0.25) is 0 Å². The maximum Gasteiger partial charge on any atom is 0.341 e. The minimum absolute atomic E-state index is 0.0396. The fourth-order valence-electron chi connectivity index (χ4n) is 1.27. The fourth-order valence-corrected chi connectivity index (χ4v) is 1.27. The molecule has 0 bridgehead atoms. The van der Waals surface area contributed by atoms with Crippen LogP contribution in [-0.4, -0.2) is 21.9 Å². The lowest BCUT2D eigenvalue weighted by Gasteiger charge is -2.08. The highest BCUT2D eigenvalue weighted by Crippen LogP contribution is 2.31. The number of nitrogen functional groups attached to an aromatic ring is 1. The number of aryl methyl sites for hydroxylation is 1. The van der Waals surface area contributed by atoms with Crippen molar-refractivity contribution in [2.45, 2.75) is 0 Å². The SMILES string of the molecule is COc1cc(Oc2ncn(C)n2)c(F)cc1N. The van der Waals surface area contributed by atoms with E-state index in [0.717, 1.165) is 6.07 Å². The monoisotopic (exact) mass is 238 g/mol. The molecule has 1 aromatic heterocycles. The lowest BCUT2D eigenvalue weighted by molar-refractivity contribution is 0.390. The molecule has 17 heavy (non-hydrogen) atoms. The summed E-state index contributed by atoms with van der Waals surface area (Å²) in [5, 5.41) is 3.87. The van der Waals surface area contributed by atoms with Crippen molar-refractivity contribution in [2.75, 3.05) is 12.8 Å². The second kappa shape index (κ2) is 4.28. The van der Waals surface area contributed by atoms with Crippen molar-refractivity contribution < 1.29 is 13.9 Å². The molecule has 0 atom stereocenters. The van der Waals surface area contributed by atoms with E-state index in [1.54, 1.807) is 7.05 Å². The highest BCUT2D eigenvalue weighted by Gasteiger charge is 2.12. The predicted octanol–water partition coefficient (Wildman–Crippen LogP) is 1.34. The number of halogens is 1. The Morgan fingerprint density at radius 3 is 2.71 bits per heavy atom. The number of rotatable bonds is 3. The van der Waals surface area contributed by atoms with Gasteiger partial charge in [0.15, 0.2) is 11.6 Å². The number of hydrogen-bond donors (Lipinski definition) is 1. The summed E-state index contributed by atoms with van der Waals surface area (Å²) in [6, 6.07) is 2.52. The lowest BCUT2D eigenvalue weighted by atomic mass is 10.2. The van der Waals surface area contributed by atoms with Crippen LogP contribution < -0.4 is 15.2 Å². The van der Waals surface area contributed by atoms with Crippen LogP contribution >= 0.6 is 0 Å². The van der Waals surface area contributed by atoms with Gasteiger partial charge in [-0.25, -0.2) is 4.39 Å². The largest absolute Gasteiger partial charge is 0.494 e. The topological polar surface area (TPSA) is 75.2 Å². The third-order valence-electron chi connectivity index (χ3n) is 2.06. The Kier molecular flexibility index (Phi) is 2.82. The third-order valence-corrected chi connectivity index (χ3v) is 2.06. The number of hydrogen-bond acceptors (Lipinski definition) is 5. The van der Waals surface area contributed by atoms with Crippen molar-refractivity contribution in [3.63, 3.8) is 0 Å². The molecule has 0 spiro atoms. The molecule has 2 N–H and O–H groups in total. The number of anilines is 1. The molecule has 2 rings (SSSR count). The van der Waals surface area contributed by atoms with Crippen LogP contribution in [0, 0.1) is 5.82 Å². The minimum Gasteiger partial charge on any atom is -0.494 e. The van der Waals surface area contributed by atoms with Gasteiger partial charge in [-0.2, -0.15) is 4.98 Å². The van der Waals surface area contributed by atoms with Crippen LogP contribution in [0.4, 0.5) is 10.1 Å². The van der Waals surface area contributed by atoms with E-state index in [-0.39, 0.29) is 17.4 Å². The molecule has 0 radical (unpaired) electrons. The third kappa shape index (κ3) is 2.27. The molecule has 0 saturated carbocycles. The summed E-state index contributed by atoms with van der Waals surface area (Å²) in [7, 11) is 3.12. The van der Waals surface area contributed by atoms with E-state index in [0.29, 0.717) is 5.75 Å². The van der Waals surface area contributed by atoms with Crippen LogP contribution in [0.1, 0.15) is 0 Å². The zero-order chi connectivity index (χ0) is 12.4. The van der Waals surface area contributed by atoms with E-state index in [1.807, 2.05) is 0 Å². The summed E-state index contributed by atoms with van der Waals surface area (Å²) >= 11 is 0. The first kappa shape index (κ1) is 11.2. The first-order valence-electron chi connectivity index (χ1n) is 4.76. The smallest absolute Gasteiger partial charge is 0.341 e. The van der Waals surface area contributed by atoms with Gasteiger partial charge in [-0.1, -0.05) is 0 Å². The average molecular weight is 238 g/mol. The first-order valence-corrected chi connectivity index (χ1v) is 4.76. The standard InChI is InChI=1S/C10H11FN4O2/c1-15-5-13-10(14-15)17-8-4-9(16-2)7(12)3-6(8)11/h3-5H,12H2,1-2H3. The van der Waals surface area contributed by atoms with Gasteiger partial charge in [-0.3, -0.25) is 4.68 Å². The molecule has 90 valence electrons. The van der Waals surface area contributed by atoms with Gasteiger partial charge in [0.25, 0.3) is 0 Å². The maximum absolute atomic E-state index is 13.5. The Morgan fingerprint density at radius 1 is 1.35 bits per heavy atom. The molecular formula is C10H11FN4O2. The van der Waals surface area contributed by atoms with E-state index in [4.69, 9.17) is 15.2 Å². The molecule has 0 unspecified atom stereocenters. The van der Waals surface area contributed by atoms with E-state index < -0.39 is 5.82 Å². The number of benzene rings is 1. The van der Waals surface area contributed by atoms with Crippen molar-refractivity contribution in [3.8, 4) is 17.5 Å². The molecule has 0 aliphatic rings. The Morgan fingerprint density at radius 2 is 2.12 bits per heavy atom. The van der Waals surface area contributed by atoms with E-state index >= 15 is 0 Å². The zero-order valence-electron chi connectivity index (χ0n) is 9.35. The number of nitrogens with zero attached hydrogens (tertiary/aromatic N) is 3. The highest BCUT2D eigenvalue weighted by molar-refractivity contribution is 5.56. The van der Waals surface area contributed by atoms with Crippen molar-refractivity contribution in [2.24, 2.45) is 7.05 Å². The van der Waals surface area contributed by atoms with Crippen LogP contribution in [0.15, 0.2) is 18.5 Å². The Labute approximate surface area is 96.8 Å². The van der Waals surface area contributed by atoms with Crippen LogP contribution in [0.25, 0.3) is 0 Å². The van der Waals surface area contributed by atoms with Gasteiger partial charge in [0.05, 0.1) is 12.8 Å². The summed E-state index contributed by atoms with van der Waals surface area (Å²) in [5.41, 5.74) is 5.74. The summed E-state index contributed by atoms with van der Waals surface area (Å²) in [4.78, 5) is 3.82. The Balaban J connectivity index is 2.32. The quantitative estimate of drug-likeness (QED) is 0.816. The number of aromatic nitrogens is 3. The van der Waals surface area contributed by atoms with Crippen molar-refractivity contribution in [3.05, 3.63) is 24.3 Å². The van der Waals surface area contributed by atoms with Gasteiger partial charge in [0.1, 0.15) is 12.1 Å². The average Bonchev–Trinajstić information content (AvgIpc) is 2.68. The van der Waals surface area contributed by atoms with Crippen molar-refractivity contribution >= 4 is 5.69 Å². The van der Waals surface area contributed by atoms with E-state index in [9.17, 15) is 4.39 Å². The maximum atomic E-state index is 13.5. The number of ether oxygens (including phenoxy) is 2. The fraction of sp³-hybridized carbons (Fsp3) is 0.200. The molecule has 0 fully saturated rings.